The molecule has 0 amide bonds. The Morgan fingerprint density at radius 2 is 2.22 bits per heavy atom. The van der Waals surface area contributed by atoms with Crippen molar-refractivity contribution in [2.24, 2.45) is 0 Å². The molecule has 0 aliphatic carbocycles. The summed E-state index contributed by atoms with van der Waals surface area (Å²) in [7, 11) is 0. The van der Waals surface area contributed by atoms with Gasteiger partial charge < -0.3 is 20.5 Å². The van der Waals surface area contributed by atoms with Crippen molar-refractivity contribution in [1.29, 1.82) is 0 Å². The third-order valence-electron chi connectivity index (χ3n) is 3.17. The van der Waals surface area contributed by atoms with E-state index >= 15 is 0 Å². The maximum Gasteiger partial charge on any atom is 0.0948 e. The van der Waals surface area contributed by atoms with E-state index in [2.05, 4.69) is 11.0 Å². The van der Waals surface area contributed by atoms with Crippen molar-refractivity contribution < 1.29 is 9.84 Å². The summed E-state index contributed by atoms with van der Waals surface area (Å²) in [6.45, 7) is 5.80. The fraction of sp³-hybridized carbons (Fsp3) is 0.571. The highest BCUT2D eigenvalue weighted by Gasteiger charge is 2.23. The molecule has 2 rings (SSSR count). The number of nitrogens with zero attached hydrogens (tertiary/aromatic N) is 1. The van der Waals surface area contributed by atoms with Crippen molar-refractivity contribution >= 4 is 11.4 Å². The fourth-order valence-corrected chi connectivity index (χ4v) is 2.36. The van der Waals surface area contributed by atoms with Gasteiger partial charge in [-0.1, -0.05) is 12.1 Å². The molecule has 0 saturated heterocycles. The van der Waals surface area contributed by atoms with Crippen molar-refractivity contribution in [3.05, 3.63) is 23.8 Å². The number of hydrogen-bond donors (Lipinski definition) is 2. The number of hydrogen-bond acceptors (Lipinski definition) is 4. The number of fused-ring (bicyclic) bond motifs is 1. The molecule has 0 fully saturated rings. The molecule has 1 aromatic rings. The lowest BCUT2D eigenvalue weighted by molar-refractivity contribution is 0.00905. The van der Waals surface area contributed by atoms with E-state index in [9.17, 15) is 5.11 Å². The predicted molar refractivity (Wildman–Crippen MR) is 73.9 cm³/mol. The Hall–Kier alpha value is -1.26. The number of anilines is 2. The first-order valence-electron chi connectivity index (χ1n) is 6.50. The molecular weight excluding hydrogens is 228 g/mol. The average Bonchev–Trinajstić information content (AvgIpc) is 2.71. The second kappa shape index (κ2) is 5.59. The van der Waals surface area contributed by atoms with Gasteiger partial charge in [-0.3, -0.25) is 0 Å². The van der Waals surface area contributed by atoms with Crippen LogP contribution in [0.4, 0.5) is 11.4 Å². The van der Waals surface area contributed by atoms with Gasteiger partial charge >= 0.3 is 0 Å². The van der Waals surface area contributed by atoms with Crippen molar-refractivity contribution in [3.8, 4) is 0 Å². The Labute approximate surface area is 108 Å². The van der Waals surface area contributed by atoms with Crippen LogP contribution in [0.25, 0.3) is 0 Å². The molecule has 0 saturated carbocycles. The van der Waals surface area contributed by atoms with Crippen LogP contribution in [-0.4, -0.2) is 37.0 Å². The molecule has 4 heteroatoms. The van der Waals surface area contributed by atoms with Crippen LogP contribution in [0.3, 0.4) is 0 Å². The molecule has 0 bridgehead atoms. The van der Waals surface area contributed by atoms with E-state index in [1.807, 2.05) is 26.0 Å². The molecule has 1 atom stereocenters. The smallest absolute Gasteiger partial charge is 0.0948 e. The lowest BCUT2D eigenvalue weighted by Gasteiger charge is -2.24. The van der Waals surface area contributed by atoms with Gasteiger partial charge in [-0.25, -0.2) is 0 Å². The number of aliphatic hydroxyl groups is 1. The SMILES string of the molecule is CC(C)OCC(O)CN1CCc2cccc(N)c21. The minimum Gasteiger partial charge on any atom is -0.397 e. The number of rotatable bonds is 5. The molecular formula is C14H22N2O2. The number of benzene rings is 1. The highest BCUT2D eigenvalue weighted by molar-refractivity contribution is 5.74. The van der Waals surface area contributed by atoms with Crippen LogP contribution >= 0.6 is 0 Å². The van der Waals surface area contributed by atoms with Crippen molar-refractivity contribution in [2.75, 3.05) is 30.3 Å². The van der Waals surface area contributed by atoms with Gasteiger partial charge in [0.1, 0.15) is 0 Å². The largest absolute Gasteiger partial charge is 0.397 e. The number of β-amino-alcohol motifs (C(OH)–C–C–N with tert-alkyl or cyclic N) is 1. The zero-order valence-electron chi connectivity index (χ0n) is 11.1. The van der Waals surface area contributed by atoms with Gasteiger partial charge in [0.15, 0.2) is 0 Å². The van der Waals surface area contributed by atoms with Crippen LogP contribution in [0, 0.1) is 0 Å². The second-order valence-electron chi connectivity index (χ2n) is 5.09. The first-order valence-corrected chi connectivity index (χ1v) is 6.50. The number of nitrogens with two attached hydrogens (primary N) is 1. The van der Waals surface area contributed by atoms with E-state index in [0.29, 0.717) is 13.2 Å². The van der Waals surface area contributed by atoms with Crippen LogP contribution in [0.15, 0.2) is 18.2 Å². The van der Waals surface area contributed by atoms with E-state index in [4.69, 9.17) is 10.5 Å². The highest BCUT2D eigenvalue weighted by Crippen LogP contribution is 2.33. The number of nitrogen functional groups attached to an aromatic ring is 1. The molecule has 1 aromatic carbocycles. The summed E-state index contributed by atoms with van der Waals surface area (Å²) in [5.41, 5.74) is 9.15. The van der Waals surface area contributed by atoms with Crippen molar-refractivity contribution in [3.63, 3.8) is 0 Å². The van der Waals surface area contributed by atoms with Crippen molar-refractivity contribution in [2.45, 2.75) is 32.5 Å². The summed E-state index contributed by atoms with van der Waals surface area (Å²) in [5.74, 6) is 0. The Morgan fingerprint density at radius 3 is 2.94 bits per heavy atom. The minimum absolute atomic E-state index is 0.149. The lowest BCUT2D eigenvalue weighted by Crippen LogP contribution is -2.34. The standard InChI is InChI=1S/C14H22N2O2/c1-10(2)18-9-12(17)8-16-7-6-11-4-3-5-13(15)14(11)16/h3-5,10,12,17H,6-9,15H2,1-2H3. The Balaban J connectivity index is 1.97. The van der Waals surface area contributed by atoms with Gasteiger partial charge in [0.2, 0.25) is 0 Å². The Morgan fingerprint density at radius 1 is 1.44 bits per heavy atom. The van der Waals surface area contributed by atoms with E-state index < -0.39 is 6.10 Å². The van der Waals surface area contributed by atoms with Crippen LogP contribution in [-0.2, 0) is 11.2 Å². The first-order chi connectivity index (χ1) is 8.58. The van der Waals surface area contributed by atoms with E-state index in [0.717, 1.165) is 24.3 Å². The number of aliphatic hydroxyl groups excluding tert-OH is 1. The molecule has 1 unspecified atom stereocenters. The molecule has 3 N–H and O–H groups in total. The molecule has 0 spiro atoms. The Bertz CT molecular complexity index is 407. The topological polar surface area (TPSA) is 58.7 Å². The summed E-state index contributed by atoms with van der Waals surface area (Å²) < 4.78 is 5.42. The van der Waals surface area contributed by atoms with Gasteiger partial charge in [-0.2, -0.15) is 0 Å². The zero-order valence-corrected chi connectivity index (χ0v) is 11.1. The van der Waals surface area contributed by atoms with Gasteiger partial charge in [0.05, 0.1) is 30.2 Å². The molecule has 1 aliphatic heterocycles. The highest BCUT2D eigenvalue weighted by atomic mass is 16.5. The maximum absolute atomic E-state index is 9.97. The molecule has 0 aromatic heterocycles. The van der Waals surface area contributed by atoms with Crippen LogP contribution in [0.5, 0.6) is 0 Å². The molecule has 18 heavy (non-hydrogen) atoms. The van der Waals surface area contributed by atoms with Gasteiger partial charge in [-0.05, 0) is 31.9 Å². The molecule has 1 aliphatic rings. The second-order valence-corrected chi connectivity index (χ2v) is 5.09. The minimum atomic E-state index is -0.474. The third kappa shape index (κ3) is 2.94. The molecule has 0 radical (unpaired) electrons. The van der Waals surface area contributed by atoms with Gasteiger partial charge in [0, 0.05) is 13.1 Å². The normalized spacial score (nSPS) is 16.1. The Kier molecular flexibility index (Phi) is 4.09. The summed E-state index contributed by atoms with van der Waals surface area (Å²) in [5, 5.41) is 9.97. The predicted octanol–water partition coefficient (Wildman–Crippen LogP) is 1.42. The van der Waals surface area contributed by atoms with Crippen LogP contribution in [0.2, 0.25) is 0 Å². The van der Waals surface area contributed by atoms with Crippen molar-refractivity contribution in [1.82, 2.24) is 0 Å². The van der Waals surface area contributed by atoms with E-state index in [1.54, 1.807) is 0 Å². The van der Waals surface area contributed by atoms with E-state index in [1.165, 1.54) is 5.56 Å². The maximum atomic E-state index is 9.97. The lowest BCUT2D eigenvalue weighted by atomic mass is 10.1. The molecule has 100 valence electrons. The summed E-state index contributed by atoms with van der Waals surface area (Å²) in [6.07, 6.45) is 0.673. The number of ether oxygens (including phenoxy) is 1. The molecule has 1 heterocycles. The van der Waals surface area contributed by atoms with E-state index in [-0.39, 0.29) is 6.10 Å². The third-order valence-corrected chi connectivity index (χ3v) is 3.17. The van der Waals surface area contributed by atoms with Crippen LogP contribution < -0.4 is 10.6 Å². The summed E-state index contributed by atoms with van der Waals surface area (Å²) in [6, 6.07) is 5.99. The van der Waals surface area contributed by atoms with Gasteiger partial charge in [0.25, 0.3) is 0 Å². The summed E-state index contributed by atoms with van der Waals surface area (Å²) >= 11 is 0. The van der Waals surface area contributed by atoms with Gasteiger partial charge in [-0.15, -0.1) is 0 Å². The summed E-state index contributed by atoms with van der Waals surface area (Å²) in [4.78, 5) is 2.15. The quantitative estimate of drug-likeness (QED) is 0.776. The molecule has 4 nitrogen and oxygen atoms in total. The monoisotopic (exact) mass is 250 g/mol. The first kappa shape index (κ1) is 13.2. The fourth-order valence-electron chi connectivity index (χ4n) is 2.36. The number of para-hydroxylation sites is 1. The average molecular weight is 250 g/mol. The zero-order chi connectivity index (χ0) is 13.1. The van der Waals surface area contributed by atoms with Crippen LogP contribution in [0.1, 0.15) is 19.4 Å².